The molecule has 0 aromatic heterocycles. The van der Waals surface area contributed by atoms with Crippen LogP contribution in [-0.4, -0.2) is 40.8 Å². The van der Waals surface area contributed by atoms with Crippen LogP contribution < -0.4 is 5.32 Å². The third-order valence-corrected chi connectivity index (χ3v) is 3.88. The van der Waals surface area contributed by atoms with E-state index in [-0.39, 0.29) is 24.6 Å². The fourth-order valence-electron chi connectivity index (χ4n) is 2.86. The number of β-amino-alcohol motifs (C(OH)–C–C–N with tert-alkyl or cyclic N) is 1. The van der Waals surface area contributed by atoms with Crippen molar-refractivity contribution in [1.82, 2.24) is 4.90 Å². The number of imide groups is 1. The number of amides is 2. The number of hydrogen-bond donors (Lipinski definition) is 2. The van der Waals surface area contributed by atoms with Gasteiger partial charge in [-0.3, -0.25) is 19.3 Å². The van der Waals surface area contributed by atoms with Crippen molar-refractivity contribution >= 4 is 23.3 Å². The van der Waals surface area contributed by atoms with Gasteiger partial charge in [0.1, 0.15) is 5.70 Å². The molecule has 1 aromatic rings. The number of fused-ring (bicyclic) bond motifs is 1. The second-order valence-corrected chi connectivity index (χ2v) is 5.32. The zero-order valence-corrected chi connectivity index (χ0v) is 12.0. The number of aryl methyl sites for hydroxylation is 1. The Morgan fingerprint density at radius 2 is 2.00 bits per heavy atom. The molecule has 6 nitrogen and oxygen atoms in total. The molecule has 0 bridgehead atoms. The first-order chi connectivity index (χ1) is 10.6. The van der Waals surface area contributed by atoms with Crippen molar-refractivity contribution < 1.29 is 19.5 Å². The normalized spacial score (nSPS) is 17.6. The largest absolute Gasteiger partial charge is 0.395 e. The fourth-order valence-corrected chi connectivity index (χ4v) is 2.86. The summed E-state index contributed by atoms with van der Waals surface area (Å²) in [5.74, 6) is -0.897. The summed E-state index contributed by atoms with van der Waals surface area (Å²) in [6.07, 6.45) is 3.36. The van der Waals surface area contributed by atoms with Crippen LogP contribution in [0.4, 0.5) is 5.69 Å². The van der Waals surface area contributed by atoms with Gasteiger partial charge in [-0.15, -0.1) is 0 Å². The Balaban J connectivity index is 1.89. The van der Waals surface area contributed by atoms with E-state index in [9.17, 15) is 14.4 Å². The number of nitrogens with one attached hydrogen (secondary N) is 1. The molecular weight excluding hydrogens is 284 g/mol. The molecule has 0 fully saturated rings. The van der Waals surface area contributed by atoms with E-state index in [0.29, 0.717) is 17.7 Å². The van der Waals surface area contributed by atoms with E-state index in [1.165, 1.54) is 6.08 Å². The quantitative estimate of drug-likeness (QED) is 0.806. The minimum atomic E-state index is -0.486. The molecule has 2 N–H and O–H groups in total. The predicted octanol–water partition coefficient (Wildman–Crippen LogP) is 0.863. The van der Waals surface area contributed by atoms with Crippen molar-refractivity contribution in [3.63, 3.8) is 0 Å². The van der Waals surface area contributed by atoms with Crippen molar-refractivity contribution in [1.29, 1.82) is 0 Å². The highest BCUT2D eigenvalue weighted by molar-refractivity contribution is 6.18. The number of aliphatic hydroxyl groups is 1. The zero-order valence-electron chi connectivity index (χ0n) is 12.0. The zero-order chi connectivity index (χ0) is 15.7. The number of hydrogen-bond acceptors (Lipinski definition) is 5. The highest BCUT2D eigenvalue weighted by Crippen LogP contribution is 2.29. The maximum absolute atomic E-state index is 12.1. The van der Waals surface area contributed by atoms with E-state index in [4.69, 9.17) is 5.11 Å². The summed E-state index contributed by atoms with van der Waals surface area (Å²) in [7, 11) is 0. The van der Waals surface area contributed by atoms with E-state index in [2.05, 4.69) is 5.32 Å². The van der Waals surface area contributed by atoms with E-state index >= 15 is 0 Å². The molecule has 1 aliphatic heterocycles. The van der Waals surface area contributed by atoms with Gasteiger partial charge in [-0.25, -0.2) is 0 Å². The van der Waals surface area contributed by atoms with E-state index in [0.717, 1.165) is 23.3 Å². The van der Waals surface area contributed by atoms with Gasteiger partial charge in [0.2, 0.25) is 0 Å². The molecule has 22 heavy (non-hydrogen) atoms. The summed E-state index contributed by atoms with van der Waals surface area (Å²) < 4.78 is 0. The first-order valence-corrected chi connectivity index (χ1v) is 7.22. The molecule has 0 spiro atoms. The molecular formula is C16H16N2O4. The van der Waals surface area contributed by atoms with Crippen LogP contribution in [0.5, 0.6) is 0 Å². The third-order valence-electron chi connectivity index (χ3n) is 3.88. The second-order valence-electron chi connectivity index (χ2n) is 5.32. The average molecular weight is 300 g/mol. The van der Waals surface area contributed by atoms with E-state index in [1.807, 2.05) is 12.1 Å². The molecule has 1 heterocycles. The SMILES string of the molecule is O=C1CCCc2cccc(NC3=CC(=O)N(CCO)C3=O)c21. The van der Waals surface area contributed by atoms with Crippen molar-refractivity contribution in [3.8, 4) is 0 Å². The van der Waals surface area contributed by atoms with Gasteiger partial charge in [0.05, 0.1) is 13.2 Å². The lowest BCUT2D eigenvalue weighted by Gasteiger charge is -2.19. The Morgan fingerprint density at radius 3 is 2.77 bits per heavy atom. The Labute approximate surface area is 127 Å². The lowest BCUT2D eigenvalue weighted by Crippen LogP contribution is -2.34. The Bertz CT molecular complexity index is 693. The maximum atomic E-state index is 12.1. The molecule has 114 valence electrons. The van der Waals surface area contributed by atoms with Gasteiger partial charge in [-0.1, -0.05) is 12.1 Å². The minimum Gasteiger partial charge on any atom is -0.395 e. The summed E-state index contributed by atoms with van der Waals surface area (Å²) in [6, 6.07) is 5.47. The molecule has 0 atom stereocenters. The number of rotatable bonds is 4. The van der Waals surface area contributed by atoms with Crippen LogP contribution in [0.1, 0.15) is 28.8 Å². The van der Waals surface area contributed by atoms with E-state index < -0.39 is 11.8 Å². The van der Waals surface area contributed by atoms with Gasteiger partial charge in [0, 0.05) is 23.7 Å². The summed E-state index contributed by atoms with van der Waals surface area (Å²) in [4.78, 5) is 37.0. The predicted molar refractivity (Wildman–Crippen MR) is 79.2 cm³/mol. The number of Topliss-reactive ketones (excluding diaryl/α,β-unsaturated/α-hetero) is 1. The maximum Gasteiger partial charge on any atom is 0.277 e. The van der Waals surface area contributed by atoms with Crippen LogP contribution in [0.2, 0.25) is 0 Å². The molecule has 2 amide bonds. The third kappa shape index (κ3) is 2.42. The first kappa shape index (κ1) is 14.5. The number of benzene rings is 1. The lowest BCUT2D eigenvalue weighted by molar-refractivity contribution is -0.137. The van der Waals surface area contributed by atoms with Gasteiger partial charge < -0.3 is 10.4 Å². The topological polar surface area (TPSA) is 86.7 Å². The van der Waals surface area contributed by atoms with Crippen LogP contribution in [-0.2, 0) is 16.0 Å². The molecule has 0 saturated heterocycles. The van der Waals surface area contributed by atoms with Crippen LogP contribution in [0, 0.1) is 0 Å². The van der Waals surface area contributed by atoms with Gasteiger partial charge in [0.25, 0.3) is 11.8 Å². The molecule has 1 aliphatic carbocycles. The van der Waals surface area contributed by atoms with Crippen LogP contribution >= 0.6 is 0 Å². The van der Waals surface area contributed by atoms with Crippen molar-refractivity contribution in [2.45, 2.75) is 19.3 Å². The molecule has 0 unspecified atom stereocenters. The summed E-state index contributed by atoms with van der Waals surface area (Å²) in [5, 5.41) is 11.8. The van der Waals surface area contributed by atoms with Crippen LogP contribution in [0.3, 0.4) is 0 Å². The number of ketones is 1. The van der Waals surface area contributed by atoms with Crippen molar-refractivity contribution in [2.24, 2.45) is 0 Å². The summed E-state index contributed by atoms with van der Waals surface area (Å²) in [6.45, 7) is -0.316. The monoisotopic (exact) mass is 300 g/mol. The van der Waals surface area contributed by atoms with Crippen LogP contribution in [0.15, 0.2) is 30.0 Å². The highest BCUT2D eigenvalue weighted by atomic mass is 16.3. The van der Waals surface area contributed by atoms with Crippen molar-refractivity contribution in [2.75, 3.05) is 18.5 Å². The number of aliphatic hydroxyl groups excluding tert-OH is 1. The molecule has 6 heteroatoms. The van der Waals surface area contributed by atoms with Crippen LogP contribution in [0.25, 0.3) is 0 Å². The first-order valence-electron chi connectivity index (χ1n) is 7.22. The molecule has 0 saturated carbocycles. The standard InChI is InChI=1S/C16H16N2O4/c19-8-7-18-14(21)9-12(16(18)22)17-11-5-1-3-10-4-2-6-13(20)15(10)11/h1,3,5,9,17,19H,2,4,6-8H2. The molecule has 0 radical (unpaired) electrons. The Kier molecular flexibility index (Phi) is 3.77. The highest BCUT2D eigenvalue weighted by Gasteiger charge is 2.31. The van der Waals surface area contributed by atoms with Gasteiger partial charge in [-0.2, -0.15) is 0 Å². The van der Waals surface area contributed by atoms with Crippen molar-refractivity contribution in [3.05, 3.63) is 41.1 Å². The summed E-state index contributed by atoms with van der Waals surface area (Å²) >= 11 is 0. The smallest absolute Gasteiger partial charge is 0.277 e. The Morgan fingerprint density at radius 1 is 1.18 bits per heavy atom. The van der Waals surface area contributed by atoms with Gasteiger partial charge in [0.15, 0.2) is 5.78 Å². The molecule has 3 rings (SSSR count). The number of carbonyl (C=O) groups is 3. The number of nitrogens with zero attached hydrogens (tertiary/aromatic N) is 1. The van der Waals surface area contributed by atoms with E-state index in [1.54, 1.807) is 6.07 Å². The lowest BCUT2D eigenvalue weighted by atomic mass is 9.89. The number of carbonyl (C=O) groups excluding carboxylic acids is 3. The van der Waals surface area contributed by atoms with Gasteiger partial charge in [-0.05, 0) is 24.5 Å². The minimum absolute atomic E-state index is 0.0365. The average Bonchev–Trinajstić information content (AvgIpc) is 2.76. The molecule has 2 aliphatic rings. The Hall–Kier alpha value is -2.47. The summed E-state index contributed by atoms with van der Waals surface area (Å²) in [5.41, 5.74) is 2.26. The number of anilines is 1. The second kappa shape index (κ2) is 5.73. The van der Waals surface area contributed by atoms with Gasteiger partial charge >= 0.3 is 0 Å². The fraction of sp³-hybridized carbons (Fsp3) is 0.312. The molecule has 1 aromatic carbocycles.